The summed E-state index contributed by atoms with van der Waals surface area (Å²) in [6.45, 7) is 3.67. The molecular weight excluding hydrogens is 635 g/mol. The first kappa shape index (κ1) is 26.0. The summed E-state index contributed by atoms with van der Waals surface area (Å²) in [4.78, 5) is 11.6. The van der Waals surface area contributed by atoms with Crippen LogP contribution in [-0.4, -0.2) is 20.4 Å². The third-order valence-corrected chi connectivity index (χ3v) is 7.16. The second kappa shape index (κ2) is 9.59. The van der Waals surface area contributed by atoms with Crippen molar-refractivity contribution in [3.8, 4) is 17.6 Å². The molecule has 0 saturated heterocycles. The van der Waals surface area contributed by atoms with E-state index < -0.39 is 37.6 Å². The van der Waals surface area contributed by atoms with Crippen molar-refractivity contribution in [1.82, 2.24) is 0 Å². The van der Waals surface area contributed by atoms with Gasteiger partial charge in [-0.1, -0.05) is 92.0 Å². The normalized spacial score (nSPS) is 21.4. The minimum atomic E-state index is -5.14. The average molecular weight is 654 g/mol. The Balaban J connectivity index is 1.88. The van der Waals surface area contributed by atoms with Gasteiger partial charge in [-0.05, 0) is 41.2 Å². The quantitative estimate of drug-likeness (QED) is 0.237. The van der Waals surface area contributed by atoms with E-state index in [1.807, 2.05) is 32.0 Å². The van der Waals surface area contributed by atoms with E-state index in [-0.39, 0.29) is 5.92 Å². The number of para-hydroxylation sites is 1. The third kappa shape index (κ3) is 5.92. The van der Waals surface area contributed by atoms with Crippen LogP contribution in [0.4, 0.5) is 13.2 Å². The summed E-state index contributed by atoms with van der Waals surface area (Å²) in [7, 11) is 0. The molecule has 176 valence electrons. The number of rotatable bonds is 6. The lowest BCUT2D eigenvalue weighted by atomic mass is 9.91. The summed E-state index contributed by atoms with van der Waals surface area (Å²) >= 11 is 9.67. The van der Waals surface area contributed by atoms with Gasteiger partial charge in [0.05, 0.1) is 12.0 Å². The van der Waals surface area contributed by atoms with Gasteiger partial charge in [0.15, 0.2) is 2.14 Å². The maximum atomic E-state index is 12.9. The number of halogens is 6. The Morgan fingerprint density at radius 2 is 1.64 bits per heavy atom. The van der Waals surface area contributed by atoms with Crippen LogP contribution in [0.1, 0.15) is 25.3 Å². The Bertz CT molecular complexity index is 1050. The maximum Gasteiger partial charge on any atom is 0.490 e. The molecular formula is C23H19Br3F3NO3. The van der Waals surface area contributed by atoms with Crippen molar-refractivity contribution < 1.29 is 27.4 Å². The fourth-order valence-corrected chi connectivity index (χ4v) is 5.35. The molecule has 3 rings (SSSR count). The second-order valence-electron chi connectivity index (χ2n) is 8.33. The van der Waals surface area contributed by atoms with Crippen LogP contribution in [0.3, 0.4) is 0 Å². The van der Waals surface area contributed by atoms with E-state index in [2.05, 4.69) is 53.9 Å². The van der Waals surface area contributed by atoms with Gasteiger partial charge in [0.2, 0.25) is 0 Å². The first-order chi connectivity index (χ1) is 15.3. The lowest BCUT2D eigenvalue weighted by Gasteiger charge is -2.27. The lowest BCUT2D eigenvalue weighted by molar-refractivity contribution is -0.205. The second-order valence-corrected chi connectivity index (χ2v) is 15.3. The number of carbonyl (C=O) groups is 1. The molecule has 10 heteroatoms. The van der Waals surface area contributed by atoms with E-state index in [1.54, 1.807) is 36.4 Å². The molecule has 0 bridgehead atoms. The topological polar surface area (TPSA) is 59.3 Å². The smallest absolute Gasteiger partial charge is 0.457 e. The van der Waals surface area contributed by atoms with Crippen LogP contribution in [0.2, 0.25) is 0 Å². The van der Waals surface area contributed by atoms with Gasteiger partial charge in [-0.15, -0.1) is 0 Å². The first-order valence-electron chi connectivity index (χ1n) is 9.84. The van der Waals surface area contributed by atoms with Crippen molar-refractivity contribution in [2.75, 3.05) is 0 Å². The highest BCUT2D eigenvalue weighted by molar-refractivity contribution is 9.39. The molecule has 1 aliphatic rings. The molecule has 0 radical (unpaired) electrons. The molecule has 0 unspecified atom stereocenters. The van der Waals surface area contributed by atoms with Crippen molar-refractivity contribution in [3.63, 3.8) is 0 Å². The number of carbonyl (C=O) groups excluding carboxylic acids is 1. The van der Waals surface area contributed by atoms with Crippen LogP contribution >= 0.6 is 47.8 Å². The highest BCUT2D eigenvalue weighted by Crippen LogP contribution is 2.68. The molecule has 0 N–H and O–H groups in total. The molecule has 0 heterocycles. The van der Waals surface area contributed by atoms with Gasteiger partial charge < -0.3 is 9.47 Å². The predicted octanol–water partition coefficient (Wildman–Crippen LogP) is 7.67. The highest BCUT2D eigenvalue weighted by atomic mass is 80.0. The average Bonchev–Trinajstić information content (AvgIpc) is 3.26. The first-order valence-corrected chi connectivity index (χ1v) is 12.2. The molecule has 4 nitrogen and oxygen atoms in total. The third-order valence-electron chi connectivity index (χ3n) is 5.80. The summed E-state index contributed by atoms with van der Waals surface area (Å²) in [5, 5.41) is 10.0. The molecule has 2 aromatic carbocycles. The zero-order valence-corrected chi connectivity index (χ0v) is 22.2. The number of hydrogen-bond donors (Lipinski definition) is 0. The van der Waals surface area contributed by atoms with E-state index in [4.69, 9.17) is 9.47 Å². The number of alkyl halides is 6. The Morgan fingerprint density at radius 3 is 2.18 bits per heavy atom. The summed E-state index contributed by atoms with van der Waals surface area (Å²) in [6, 6.07) is 18.5. The largest absolute Gasteiger partial charge is 0.490 e. The monoisotopic (exact) mass is 651 g/mol. The molecule has 1 saturated carbocycles. The van der Waals surface area contributed by atoms with Gasteiger partial charge >= 0.3 is 12.1 Å². The Hall–Kier alpha value is -1.57. The summed E-state index contributed by atoms with van der Waals surface area (Å²) in [5.74, 6) is -2.72. The van der Waals surface area contributed by atoms with Crippen LogP contribution in [0, 0.1) is 28.6 Å². The van der Waals surface area contributed by atoms with Crippen LogP contribution in [0.5, 0.6) is 11.5 Å². The van der Waals surface area contributed by atoms with Gasteiger partial charge in [0.1, 0.15) is 17.6 Å². The molecule has 1 aliphatic carbocycles. The van der Waals surface area contributed by atoms with Crippen molar-refractivity contribution in [2.45, 2.75) is 34.2 Å². The van der Waals surface area contributed by atoms with Gasteiger partial charge in [-0.3, -0.25) is 0 Å². The van der Waals surface area contributed by atoms with Crippen molar-refractivity contribution in [3.05, 3.63) is 60.2 Å². The standard InChI is InChI=1S/C23H19Br3F3NO3/c1-21(2)17(18(21)19(22(24,25)26)33-20(31)23(27,28)29)16(12-30)13-7-6-10-15(11-13)32-14-8-4-3-5-9-14/h3-11,16-19H,1-2H3/t16-,17-,18-,19-/m1/s1. The van der Waals surface area contributed by atoms with E-state index in [0.717, 1.165) is 0 Å². The van der Waals surface area contributed by atoms with Gasteiger partial charge in [-0.2, -0.15) is 18.4 Å². The highest BCUT2D eigenvalue weighted by Gasteiger charge is 2.68. The molecule has 4 atom stereocenters. The van der Waals surface area contributed by atoms with Crippen LogP contribution in [0.25, 0.3) is 0 Å². The molecule has 33 heavy (non-hydrogen) atoms. The van der Waals surface area contributed by atoms with Gasteiger partial charge in [0, 0.05) is 5.92 Å². The van der Waals surface area contributed by atoms with Gasteiger partial charge in [-0.25, -0.2) is 4.79 Å². The Labute approximate surface area is 214 Å². The van der Waals surface area contributed by atoms with E-state index in [9.17, 15) is 23.2 Å². The van der Waals surface area contributed by atoms with Crippen LogP contribution in [0.15, 0.2) is 54.6 Å². The molecule has 0 aliphatic heterocycles. The Kier molecular flexibility index (Phi) is 7.57. The van der Waals surface area contributed by atoms with E-state index in [1.165, 1.54) is 0 Å². The molecule has 1 fully saturated rings. The van der Waals surface area contributed by atoms with E-state index in [0.29, 0.717) is 17.1 Å². The Morgan fingerprint density at radius 1 is 1.03 bits per heavy atom. The number of ether oxygens (including phenoxy) is 2. The van der Waals surface area contributed by atoms with Crippen molar-refractivity contribution in [1.29, 1.82) is 5.26 Å². The summed E-state index contributed by atoms with van der Waals surface area (Å²) in [6.07, 6.45) is -6.38. The number of nitriles is 1. The zero-order chi connectivity index (χ0) is 24.6. The molecule has 2 aromatic rings. The number of benzene rings is 2. The number of nitrogens with zero attached hydrogens (tertiary/aromatic N) is 1. The van der Waals surface area contributed by atoms with Crippen LogP contribution in [-0.2, 0) is 9.53 Å². The van der Waals surface area contributed by atoms with E-state index >= 15 is 0 Å². The van der Waals surface area contributed by atoms with Crippen molar-refractivity contribution in [2.24, 2.45) is 17.3 Å². The number of esters is 1. The lowest BCUT2D eigenvalue weighted by Crippen LogP contribution is -2.38. The minimum absolute atomic E-state index is 0.382. The predicted molar refractivity (Wildman–Crippen MR) is 128 cm³/mol. The fraction of sp³-hybridized carbons (Fsp3) is 0.391. The minimum Gasteiger partial charge on any atom is -0.457 e. The fourth-order valence-electron chi connectivity index (χ4n) is 4.22. The zero-order valence-electron chi connectivity index (χ0n) is 17.4. The molecule has 0 spiro atoms. The number of hydrogen-bond acceptors (Lipinski definition) is 4. The maximum absolute atomic E-state index is 12.9. The summed E-state index contributed by atoms with van der Waals surface area (Å²) in [5.41, 5.74) is 0.0741. The molecule has 0 aromatic heterocycles. The van der Waals surface area contributed by atoms with Crippen molar-refractivity contribution >= 4 is 53.8 Å². The van der Waals surface area contributed by atoms with Crippen LogP contribution < -0.4 is 4.74 Å². The SMILES string of the molecule is CC1(C)[C@@H]([C@@H](OC(=O)C(F)(F)F)C(Br)(Br)Br)[C@H]1[C@H](C#N)c1cccc(Oc2ccccc2)c1. The van der Waals surface area contributed by atoms with Gasteiger partial charge in [0.25, 0.3) is 0 Å². The summed E-state index contributed by atoms with van der Waals surface area (Å²) < 4.78 is 48.1. The molecule has 0 amide bonds.